The number of H-pyrrole nitrogens is 1. The number of nitrogens with zero attached hydrogens (tertiary/aromatic N) is 3. The van der Waals surface area contributed by atoms with Gasteiger partial charge in [-0.2, -0.15) is 0 Å². The van der Waals surface area contributed by atoms with E-state index < -0.39 is 0 Å². The fourth-order valence-electron chi connectivity index (χ4n) is 3.39. The number of hydrogen-bond acceptors (Lipinski definition) is 3. The average Bonchev–Trinajstić information content (AvgIpc) is 3.08. The number of carbonyl (C=O) groups is 2. The van der Waals surface area contributed by atoms with Gasteiger partial charge in [-0.05, 0) is 31.2 Å². The molecule has 2 aliphatic rings. The van der Waals surface area contributed by atoms with Gasteiger partial charge in [-0.25, -0.2) is 14.2 Å². The number of aryl methyl sites for hydroxylation is 1. The normalized spacial score (nSPS) is 18.4. The van der Waals surface area contributed by atoms with Crippen LogP contribution in [0.15, 0.2) is 24.3 Å². The van der Waals surface area contributed by atoms with E-state index in [1.165, 1.54) is 12.1 Å². The minimum absolute atomic E-state index is 0.110. The number of nitrogens with one attached hydrogen (secondary N) is 2. The molecule has 3 heterocycles. The van der Waals surface area contributed by atoms with Crippen LogP contribution in [0.4, 0.5) is 9.18 Å². The molecule has 8 heteroatoms. The van der Waals surface area contributed by atoms with Gasteiger partial charge in [-0.15, -0.1) is 0 Å². The third kappa shape index (κ3) is 2.36. The molecule has 2 saturated heterocycles. The minimum atomic E-state index is -0.321. The summed E-state index contributed by atoms with van der Waals surface area (Å²) < 4.78 is 13.1. The first kappa shape index (κ1) is 15.6. The molecular weight excluding hydrogens is 325 g/mol. The van der Waals surface area contributed by atoms with Crippen molar-refractivity contribution in [2.75, 3.05) is 26.7 Å². The van der Waals surface area contributed by atoms with E-state index in [-0.39, 0.29) is 23.3 Å². The molecule has 0 unspecified atom stereocenters. The van der Waals surface area contributed by atoms with Gasteiger partial charge in [0.15, 0.2) is 0 Å². The van der Waals surface area contributed by atoms with Crippen LogP contribution in [0.25, 0.3) is 11.4 Å². The second-order valence-electron chi connectivity index (χ2n) is 6.67. The van der Waals surface area contributed by atoms with Crippen molar-refractivity contribution >= 4 is 11.9 Å². The van der Waals surface area contributed by atoms with Gasteiger partial charge in [0.1, 0.15) is 17.3 Å². The zero-order valence-electron chi connectivity index (χ0n) is 14.0. The lowest BCUT2D eigenvalue weighted by Gasteiger charge is -2.50. The van der Waals surface area contributed by atoms with Gasteiger partial charge < -0.3 is 20.1 Å². The molecule has 4 rings (SSSR count). The van der Waals surface area contributed by atoms with Gasteiger partial charge in [0.2, 0.25) is 0 Å². The highest BCUT2D eigenvalue weighted by Crippen LogP contribution is 2.31. The molecule has 25 heavy (non-hydrogen) atoms. The highest BCUT2D eigenvalue weighted by molar-refractivity contribution is 5.95. The first-order valence-corrected chi connectivity index (χ1v) is 8.03. The lowest BCUT2D eigenvalue weighted by atomic mass is 9.89. The van der Waals surface area contributed by atoms with Crippen LogP contribution in [0.1, 0.15) is 16.2 Å². The number of imidazole rings is 1. The van der Waals surface area contributed by atoms with E-state index in [1.807, 2.05) is 0 Å². The minimum Gasteiger partial charge on any atom is -0.341 e. The Morgan fingerprint density at radius 2 is 1.96 bits per heavy atom. The Balaban J connectivity index is 1.52. The second-order valence-corrected chi connectivity index (χ2v) is 6.67. The zero-order chi connectivity index (χ0) is 17.8. The summed E-state index contributed by atoms with van der Waals surface area (Å²) in [5.74, 6) is 0.0458. The summed E-state index contributed by atoms with van der Waals surface area (Å²) in [6.45, 7) is 3.31. The van der Waals surface area contributed by atoms with Gasteiger partial charge in [-0.3, -0.25) is 4.79 Å². The maximum atomic E-state index is 13.1. The van der Waals surface area contributed by atoms with Gasteiger partial charge in [-0.1, -0.05) is 0 Å². The number of likely N-dealkylation sites (tertiary alicyclic amines) is 1. The number of carbonyl (C=O) groups excluding carboxylic acids is 2. The molecule has 2 aromatic rings. The fraction of sp³-hybridized carbons (Fsp3) is 0.353. The van der Waals surface area contributed by atoms with Gasteiger partial charge >= 0.3 is 6.03 Å². The molecular formula is C17H18FN5O2. The fourth-order valence-corrected chi connectivity index (χ4v) is 3.39. The maximum absolute atomic E-state index is 13.1. The smallest absolute Gasteiger partial charge is 0.317 e. The molecule has 2 N–H and O–H groups in total. The Morgan fingerprint density at radius 1 is 1.28 bits per heavy atom. The summed E-state index contributed by atoms with van der Waals surface area (Å²) in [6, 6.07) is 5.83. The Hall–Kier alpha value is -2.90. The van der Waals surface area contributed by atoms with Gasteiger partial charge in [0.25, 0.3) is 5.91 Å². The van der Waals surface area contributed by atoms with E-state index in [9.17, 15) is 14.0 Å². The second kappa shape index (κ2) is 5.30. The summed E-state index contributed by atoms with van der Waals surface area (Å²) in [7, 11) is 1.75. The van der Waals surface area contributed by atoms with E-state index in [0.717, 1.165) is 0 Å². The number of aromatic amines is 1. The number of aromatic nitrogens is 2. The van der Waals surface area contributed by atoms with E-state index in [0.29, 0.717) is 42.4 Å². The Morgan fingerprint density at radius 3 is 2.56 bits per heavy atom. The first-order chi connectivity index (χ1) is 11.9. The summed E-state index contributed by atoms with van der Waals surface area (Å²) >= 11 is 0. The number of amides is 3. The molecule has 0 saturated carbocycles. The third-order valence-corrected chi connectivity index (χ3v) is 5.05. The van der Waals surface area contributed by atoms with Crippen LogP contribution in [0, 0.1) is 12.7 Å². The van der Waals surface area contributed by atoms with Crippen molar-refractivity contribution in [1.29, 1.82) is 0 Å². The molecule has 1 aromatic heterocycles. The summed E-state index contributed by atoms with van der Waals surface area (Å²) in [4.78, 5) is 35.2. The van der Waals surface area contributed by atoms with Gasteiger partial charge in [0.05, 0.1) is 5.54 Å². The van der Waals surface area contributed by atoms with Crippen molar-refractivity contribution in [1.82, 2.24) is 25.1 Å². The molecule has 0 radical (unpaired) electrons. The standard InChI is InChI=1S/C17H18FN5O2/c1-10-13(21-14(20-10)11-3-5-12(18)6-4-11)15(24)23-8-17(9-23)7-19-16(25)22(17)2/h3-6H,7-9H2,1-2H3,(H,19,25)(H,20,21). The van der Waals surface area contributed by atoms with Crippen LogP contribution in [-0.4, -0.2) is 63.9 Å². The van der Waals surface area contributed by atoms with Crippen LogP contribution >= 0.6 is 0 Å². The Labute approximate surface area is 143 Å². The van der Waals surface area contributed by atoms with Crippen molar-refractivity contribution in [3.05, 3.63) is 41.5 Å². The van der Waals surface area contributed by atoms with Crippen LogP contribution < -0.4 is 5.32 Å². The number of hydrogen-bond donors (Lipinski definition) is 2. The number of rotatable bonds is 2. The van der Waals surface area contributed by atoms with E-state index in [2.05, 4.69) is 15.3 Å². The molecule has 2 fully saturated rings. The molecule has 2 aliphatic heterocycles. The SMILES string of the molecule is Cc1[nH]c(-c2ccc(F)cc2)nc1C(=O)N1CC2(CNC(=O)N2C)C1. The molecule has 1 spiro atoms. The Bertz CT molecular complexity index is 854. The number of benzene rings is 1. The lowest BCUT2D eigenvalue weighted by molar-refractivity contribution is 0.00733. The highest BCUT2D eigenvalue weighted by atomic mass is 19.1. The van der Waals surface area contributed by atoms with Crippen LogP contribution in [0.3, 0.4) is 0 Å². The third-order valence-electron chi connectivity index (χ3n) is 5.05. The predicted molar refractivity (Wildman–Crippen MR) is 88.5 cm³/mol. The van der Waals surface area contributed by atoms with E-state index in [4.69, 9.17) is 0 Å². The number of likely N-dealkylation sites (N-methyl/N-ethyl adjacent to an activating group) is 1. The zero-order valence-corrected chi connectivity index (χ0v) is 14.0. The highest BCUT2D eigenvalue weighted by Gasteiger charge is 2.53. The van der Waals surface area contributed by atoms with Crippen molar-refractivity contribution in [2.45, 2.75) is 12.5 Å². The summed E-state index contributed by atoms with van der Waals surface area (Å²) in [6.07, 6.45) is 0. The molecule has 3 amide bonds. The summed E-state index contributed by atoms with van der Waals surface area (Å²) in [5.41, 5.74) is 1.43. The van der Waals surface area contributed by atoms with Crippen LogP contribution in [-0.2, 0) is 0 Å². The number of halogens is 1. The van der Waals surface area contributed by atoms with Crippen molar-refractivity contribution in [3.63, 3.8) is 0 Å². The molecule has 130 valence electrons. The van der Waals surface area contributed by atoms with Crippen molar-refractivity contribution < 1.29 is 14.0 Å². The molecule has 1 aromatic carbocycles. The van der Waals surface area contributed by atoms with Gasteiger partial charge in [0, 0.05) is 37.9 Å². The van der Waals surface area contributed by atoms with Crippen LogP contribution in [0.5, 0.6) is 0 Å². The monoisotopic (exact) mass is 343 g/mol. The van der Waals surface area contributed by atoms with E-state index in [1.54, 1.807) is 35.9 Å². The molecule has 0 aliphatic carbocycles. The maximum Gasteiger partial charge on any atom is 0.317 e. The van der Waals surface area contributed by atoms with Crippen molar-refractivity contribution in [3.8, 4) is 11.4 Å². The Kier molecular flexibility index (Phi) is 3.31. The average molecular weight is 343 g/mol. The number of urea groups is 1. The van der Waals surface area contributed by atoms with Crippen LogP contribution in [0.2, 0.25) is 0 Å². The quantitative estimate of drug-likeness (QED) is 0.864. The largest absolute Gasteiger partial charge is 0.341 e. The lowest BCUT2D eigenvalue weighted by Crippen LogP contribution is -2.70. The summed E-state index contributed by atoms with van der Waals surface area (Å²) in [5, 5.41) is 2.80. The molecule has 0 bridgehead atoms. The predicted octanol–water partition coefficient (Wildman–Crippen LogP) is 1.37. The van der Waals surface area contributed by atoms with Crippen molar-refractivity contribution in [2.24, 2.45) is 0 Å². The topological polar surface area (TPSA) is 81.3 Å². The van der Waals surface area contributed by atoms with E-state index >= 15 is 0 Å². The molecule has 0 atom stereocenters. The first-order valence-electron chi connectivity index (χ1n) is 8.03. The molecule has 7 nitrogen and oxygen atoms in total.